The van der Waals surface area contributed by atoms with Gasteiger partial charge in [-0.2, -0.15) is 0 Å². The normalized spacial score (nSPS) is 16.5. The molecular formula is C60H74B2ClF3N6O15S3. The van der Waals surface area contributed by atoms with Crippen molar-refractivity contribution in [1.29, 1.82) is 0 Å². The lowest BCUT2D eigenvalue weighted by atomic mass is 9.85. The number of esters is 1. The average molecular weight is 1330 g/mol. The number of carbonyl (C=O) groups excluding carboxylic acids is 3. The molecule has 0 spiro atoms. The lowest BCUT2D eigenvalue weighted by Crippen LogP contribution is -2.34. The van der Waals surface area contributed by atoms with E-state index in [1.165, 1.54) is 119 Å². The van der Waals surface area contributed by atoms with Gasteiger partial charge in [0, 0.05) is 38.4 Å². The van der Waals surface area contributed by atoms with Gasteiger partial charge in [-0.1, -0.05) is 36.4 Å². The van der Waals surface area contributed by atoms with Crippen molar-refractivity contribution in [2.75, 3.05) is 87.3 Å². The maximum Gasteiger partial charge on any atom is 0.376 e. The van der Waals surface area contributed by atoms with Crippen LogP contribution in [0.2, 0.25) is 13.6 Å². The van der Waals surface area contributed by atoms with Gasteiger partial charge < -0.3 is 60.3 Å². The molecule has 7 N–H and O–H groups in total. The van der Waals surface area contributed by atoms with Crippen molar-refractivity contribution in [1.82, 2.24) is 25.6 Å². The van der Waals surface area contributed by atoms with E-state index in [4.69, 9.17) is 14.2 Å². The molecule has 9 rings (SSSR count). The Balaban J connectivity index is 0.000000241. The number of amides is 2. The Hall–Kier alpha value is -7.05. The van der Waals surface area contributed by atoms with Crippen LogP contribution < -0.4 is 35.9 Å². The highest BCUT2D eigenvalue weighted by Gasteiger charge is 2.34. The summed E-state index contributed by atoms with van der Waals surface area (Å²) in [6.45, 7) is 6.68. The molecule has 3 atom stereocenters. The Morgan fingerprint density at radius 1 is 0.544 bits per heavy atom. The summed E-state index contributed by atoms with van der Waals surface area (Å²) in [7, 11) is -7.32. The van der Waals surface area contributed by atoms with Gasteiger partial charge in [-0.3, -0.25) is 9.59 Å². The molecule has 3 aliphatic heterocycles. The summed E-state index contributed by atoms with van der Waals surface area (Å²) in [5.74, 6) is -2.11. The molecule has 0 aliphatic carbocycles. The number of hydrogen-bond donors (Lipinski definition) is 6. The molecule has 2 amide bonds. The molecule has 0 saturated carbocycles. The van der Waals surface area contributed by atoms with E-state index in [9.17, 15) is 62.9 Å². The fourth-order valence-corrected chi connectivity index (χ4v) is 14.0. The van der Waals surface area contributed by atoms with Crippen molar-refractivity contribution < 1.29 is 81.8 Å². The van der Waals surface area contributed by atoms with Gasteiger partial charge in [-0.15, -0.1) is 12.4 Å². The number of hydrogen-bond acceptors (Lipinski definition) is 19. The summed E-state index contributed by atoms with van der Waals surface area (Å²) in [5.41, 5.74) is 6.85. The number of sulfone groups is 3. The molecule has 3 aliphatic rings. The zero-order valence-electron chi connectivity index (χ0n) is 50.4. The highest BCUT2D eigenvalue weighted by molar-refractivity contribution is 7.92. The number of carbonyl (C=O) groups is 3. The number of nitrogens with two attached hydrogens (primary N) is 1. The van der Waals surface area contributed by atoms with Crippen LogP contribution in [0.1, 0.15) is 53.7 Å². The number of nitrogens with one attached hydrogen (secondary N) is 3. The quantitative estimate of drug-likeness (QED) is 0.0397. The molecule has 3 saturated heterocycles. The number of nitrogens with zero attached hydrogens (tertiary/aromatic N) is 2. The molecule has 486 valence electrons. The maximum atomic E-state index is 13.6. The van der Waals surface area contributed by atoms with Crippen LogP contribution in [0.25, 0.3) is 0 Å². The van der Waals surface area contributed by atoms with Crippen LogP contribution in [0.5, 0.6) is 17.2 Å². The number of halogens is 4. The summed E-state index contributed by atoms with van der Waals surface area (Å²) >= 11 is 0. The average Bonchev–Trinajstić information content (AvgIpc) is 1.39. The van der Waals surface area contributed by atoms with Crippen molar-refractivity contribution in [2.45, 2.75) is 80.0 Å². The van der Waals surface area contributed by atoms with Crippen LogP contribution in [-0.2, 0) is 48.6 Å². The number of benzene rings is 6. The second-order valence-corrected chi connectivity index (χ2v) is 26.5. The number of rotatable bonds is 20. The topological polar surface area (TPSA) is 300 Å². The van der Waals surface area contributed by atoms with Crippen LogP contribution in [0, 0.1) is 17.5 Å². The van der Waals surface area contributed by atoms with Crippen LogP contribution in [0.15, 0.2) is 157 Å². The van der Waals surface area contributed by atoms with E-state index in [1.807, 2.05) is 9.62 Å². The third-order valence-electron chi connectivity index (χ3n) is 14.9. The van der Waals surface area contributed by atoms with E-state index in [2.05, 4.69) is 26.4 Å². The van der Waals surface area contributed by atoms with Crippen molar-refractivity contribution in [3.05, 3.63) is 162 Å². The summed E-state index contributed by atoms with van der Waals surface area (Å²) in [4.78, 5) is 38.0. The third-order valence-corrected chi connectivity index (χ3v) is 20.2. The van der Waals surface area contributed by atoms with Crippen molar-refractivity contribution in [3.8, 4) is 17.2 Å². The lowest BCUT2D eigenvalue weighted by Gasteiger charge is -2.19. The molecular weight excluding hydrogens is 1250 g/mol. The zero-order valence-corrected chi connectivity index (χ0v) is 53.7. The lowest BCUT2D eigenvalue weighted by molar-refractivity contribution is -0.143. The first-order valence-corrected chi connectivity index (χ1v) is 32.7. The molecule has 0 aromatic heterocycles. The van der Waals surface area contributed by atoms with E-state index in [1.54, 1.807) is 31.8 Å². The first kappa shape index (κ1) is 73.7. The minimum absolute atomic E-state index is 0. The van der Waals surface area contributed by atoms with Crippen molar-refractivity contribution in [3.63, 3.8) is 0 Å². The third kappa shape index (κ3) is 19.2. The van der Waals surface area contributed by atoms with E-state index in [-0.39, 0.29) is 103 Å². The van der Waals surface area contributed by atoms with E-state index in [0.29, 0.717) is 31.9 Å². The largest absolute Gasteiger partial charge is 0.483 e. The highest BCUT2D eigenvalue weighted by Crippen LogP contribution is 2.39. The predicted molar refractivity (Wildman–Crippen MR) is 335 cm³/mol. The minimum atomic E-state index is -3.98. The SMILES string of the molecule is CN.CNC(=O)COc1cc(S(=O)(=O)c2cccc(F)c2)ccc1C1CCN(B(C)O)C1.CNC(=O)COc1cc(S(=O)(=O)c2cccc(F)c2)ccc1C1CCNC1.COC(=O)COc1cc(S(=O)(=O)c2cccc(F)c2)ccc1C1CCN(B(C)O)C1.Cl. The van der Waals surface area contributed by atoms with Gasteiger partial charge >= 0.3 is 20.1 Å². The van der Waals surface area contributed by atoms with Gasteiger partial charge in [0.15, 0.2) is 19.8 Å². The highest BCUT2D eigenvalue weighted by atomic mass is 35.5. The molecule has 3 unspecified atom stereocenters. The van der Waals surface area contributed by atoms with Crippen molar-refractivity contribution in [2.24, 2.45) is 5.73 Å². The second kappa shape index (κ2) is 33.9. The maximum absolute atomic E-state index is 13.6. The Morgan fingerprint density at radius 2 is 0.878 bits per heavy atom. The molecule has 3 fully saturated rings. The zero-order chi connectivity index (χ0) is 65.2. The van der Waals surface area contributed by atoms with Gasteiger partial charge in [0.2, 0.25) is 29.5 Å². The first-order valence-electron chi connectivity index (χ1n) is 28.3. The van der Waals surface area contributed by atoms with Gasteiger partial charge in [0.25, 0.3) is 11.8 Å². The molecule has 6 aromatic carbocycles. The molecule has 0 radical (unpaired) electrons. The van der Waals surface area contributed by atoms with Crippen LogP contribution in [-0.4, -0.2) is 164 Å². The monoisotopic (exact) mass is 1330 g/mol. The van der Waals surface area contributed by atoms with Crippen LogP contribution in [0.4, 0.5) is 13.2 Å². The molecule has 3 heterocycles. The van der Waals surface area contributed by atoms with Gasteiger partial charge in [-0.05, 0) is 180 Å². The van der Waals surface area contributed by atoms with Gasteiger partial charge in [0.1, 0.15) is 34.7 Å². The van der Waals surface area contributed by atoms with E-state index in [0.717, 1.165) is 67.2 Å². The van der Waals surface area contributed by atoms with Crippen LogP contribution in [0.3, 0.4) is 0 Å². The predicted octanol–water partition coefficient (Wildman–Crippen LogP) is 5.65. The molecule has 6 aromatic rings. The minimum Gasteiger partial charge on any atom is -0.483 e. The Morgan fingerprint density at radius 3 is 1.17 bits per heavy atom. The van der Waals surface area contributed by atoms with Crippen LogP contribution >= 0.6 is 12.4 Å². The molecule has 0 bridgehead atoms. The number of likely N-dealkylation sites (N-methyl/N-ethyl adjacent to an activating group) is 2. The number of ether oxygens (including phenoxy) is 4. The Labute approximate surface area is 530 Å². The molecule has 90 heavy (non-hydrogen) atoms. The standard InChI is InChI=1S/C20H24BFN2O5S.C20H23BFNO6S.C19H21FN2O4S.CH5N.ClH/c1-21(26)24-9-8-14(12-24)18-7-6-17(11-19(18)29-13-20(25)23-2)30(27,28)16-5-3-4-15(22)10-16;1-21(25)23-9-8-14(12-23)18-7-6-17(11-19(18)29-13-20(24)28-2)30(26,27)16-5-3-4-15(22)10-16;1-21-19(23)12-26-18-10-16(5-6-17(18)13-7-8-22-11-13)27(24,25)15-4-2-3-14(20)9-15;1-2;/h3-7,10-11,14,26H,8-9,12-13H2,1-2H3,(H,23,25);3-7,10-11,14,25H,8-9,12-13H2,1-2H3;2-6,9-10,13,22H,7-8,11-12H2,1H3,(H,21,23);2H2,1H3;1H. The fourth-order valence-electron chi connectivity index (χ4n) is 10.1. The summed E-state index contributed by atoms with van der Waals surface area (Å²) < 4.78 is 140. The molecule has 21 nitrogen and oxygen atoms in total. The molecule has 30 heteroatoms. The van der Waals surface area contributed by atoms with E-state index >= 15 is 0 Å². The van der Waals surface area contributed by atoms with E-state index < -0.39 is 67.0 Å². The Bertz CT molecular complexity index is 3620. The smallest absolute Gasteiger partial charge is 0.376 e. The Kier molecular flexibility index (Phi) is 27.7. The first-order chi connectivity index (χ1) is 42.3. The second-order valence-electron chi connectivity index (χ2n) is 20.7. The van der Waals surface area contributed by atoms with Gasteiger partial charge in [0.05, 0.1) is 36.5 Å². The summed E-state index contributed by atoms with van der Waals surface area (Å²) in [6, 6.07) is 28.0. The van der Waals surface area contributed by atoms with Gasteiger partial charge in [-0.25, -0.2) is 43.2 Å². The number of methoxy groups -OCH3 is 1. The fraction of sp³-hybridized carbons (Fsp3) is 0.350. The summed E-state index contributed by atoms with van der Waals surface area (Å²) in [5, 5.41) is 27.8. The van der Waals surface area contributed by atoms with Crippen molar-refractivity contribution >= 4 is 73.8 Å². The summed E-state index contributed by atoms with van der Waals surface area (Å²) in [6.07, 6.45) is 2.40.